The number of fused-ring (bicyclic) bond motifs is 1. The van der Waals surface area contributed by atoms with Crippen molar-refractivity contribution in [1.29, 1.82) is 0 Å². The van der Waals surface area contributed by atoms with Crippen LogP contribution in [0.5, 0.6) is 5.75 Å². The fourth-order valence-corrected chi connectivity index (χ4v) is 2.96. The molecular formula is C18H20N2O3. The van der Waals surface area contributed by atoms with Crippen LogP contribution >= 0.6 is 0 Å². The van der Waals surface area contributed by atoms with Crippen LogP contribution in [0.25, 0.3) is 0 Å². The van der Waals surface area contributed by atoms with Gasteiger partial charge in [-0.2, -0.15) is 0 Å². The average Bonchev–Trinajstić information content (AvgIpc) is 2.90. The first-order valence-electron chi connectivity index (χ1n) is 7.57. The number of aliphatic hydroxyl groups is 1. The molecule has 0 spiro atoms. The molecular weight excluding hydrogens is 292 g/mol. The maximum absolute atomic E-state index is 12.1. The number of rotatable bonds is 4. The number of benzene rings is 2. The Bertz CT molecular complexity index is 690. The number of methoxy groups -OCH3 is 1. The van der Waals surface area contributed by atoms with Crippen LogP contribution in [0.4, 0.5) is 10.5 Å². The van der Waals surface area contributed by atoms with Crippen LogP contribution in [0.2, 0.25) is 0 Å². The summed E-state index contributed by atoms with van der Waals surface area (Å²) in [4.78, 5) is 12.1. The van der Waals surface area contributed by atoms with E-state index in [4.69, 9.17) is 4.74 Å². The molecule has 0 saturated carbocycles. The van der Waals surface area contributed by atoms with E-state index < -0.39 is 5.60 Å². The van der Waals surface area contributed by atoms with E-state index in [9.17, 15) is 9.90 Å². The molecule has 23 heavy (non-hydrogen) atoms. The van der Waals surface area contributed by atoms with Crippen molar-refractivity contribution in [2.24, 2.45) is 0 Å². The third kappa shape index (κ3) is 3.46. The monoisotopic (exact) mass is 312 g/mol. The Hall–Kier alpha value is -2.53. The van der Waals surface area contributed by atoms with Gasteiger partial charge in [-0.3, -0.25) is 0 Å². The normalized spacial score (nSPS) is 14.9. The molecule has 2 aromatic rings. The molecule has 0 aromatic heterocycles. The van der Waals surface area contributed by atoms with Gasteiger partial charge in [-0.15, -0.1) is 0 Å². The molecule has 3 rings (SSSR count). The molecule has 1 aliphatic rings. The van der Waals surface area contributed by atoms with Gasteiger partial charge in [-0.1, -0.05) is 36.4 Å². The van der Waals surface area contributed by atoms with Gasteiger partial charge in [-0.25, -0.2) is 4.79 Å². The van der Waals surface area contributed by atoms with Gasteiger partial charge in [0.15, 0.2) is 0 Å². The molecule has 0 unspecified atom stereocenters. The fourth-order valence-electron chi connectivity index (χ4n) is 2.96. The summed E-state index contributed by atoms with van der Waals surface area (Å²) in [5.41, 5.74) is 1.94. The van der Waals surface area contributed by atoms with Gasteiger partial charge < -0.3 is 20.5 Å². The molecule has 2 aromatic carbocycles. The van der Waals surface area contributed by atoms with Crippen molar-refractivity contribution >= 4 is 11.7 Å². The molecule has 0 saturated heterocycles. The zero-order valence-electron chi connectivity index (χ0n) is 13.0. The van der Waals surface area contributed by atoms with E-state index in [2.05, 4.69) is 10.6 Å². The number of hydrogen-bond donors (Lipinski definition) is 3. The average molecular weight is 312 g/mol. The largest absolute Gasteiger partial charge is 0.495 e. The first-order chi connectivity index (χ1) is 11.1. The molecule has 0 bridgehead atoms. The molecule has 5 heteroatoms. The highest BCUT2D eigenvalue weighted by molar-refractivity contribution is 5.90. The zero-order valence-corrected chi connectivity index (χ0v) is 13.0. The Morgan fingerprint density at radius 3 is 2.39 bits per heavy atom. The van der Waals surface area contributed by atoms with E-state index in [-0.39, 0.29) is 12.6 Å². The molecule has 3 N–H and O–H groups in total. The minimum Gasteiger partial charge on any atom is -0.495 e. The minimum absolute atomic E-state index is 0.197. The number of carbonyl (C=O) groups excluding carboxylic acids is 1. The molecule has 5 nitrogen and oxygen atoms in total. The molecule has 120 valence electrons. The van der Waals surface area contributed by atoms with E-state index in [1.54, 1.807) is 19.2 Å². The lowest BCUT2D eigenvalue weighted by molar-refractivity contribution is 0.0541. The standard InChI is InChI=1S/C18H20N2O3/c1-23-16-9-5-4-8-15(16)20-17(21)19-12-18(22)10-13-6-2-3-7-14(13)11-18/h2-9,22H,10-12H2,1H3,(H2,19,20,21). The number of urea groups is 1. The summed E-state index contributed by atoms with van der Waals surface area (Å²) in [5, 5.41) is 16.1. The third-order valence-corrected chi connectivity index (χ3v) is 4.09. The lowest BCUT2D eigenvalue weighted by Gasteiger charge is -2.22. The van der Waals surface area contributed by atoms with Gasteiger partial charge in [0.05, 0.1) is 18.4 Å². The summed E-state index contributed by atoms with van der Waals surface area (Å²) in [6, 6.07) is 14.8. The van der Waals surface area contributed by atoms with E-state index in [0.717, 1.165) is 11.1 Å². The van der Waals surface area contributed by atoms with Gasteiger partial charge in [0.1, 0.15) is 5.75 Å². The van der Waals surface area contributed by atoms with Crippen LogP contribution in [0.1, 0.15) is 11.1 Å². The number of ether oxygens (including phenoxy) is 1. The summed E-state index contributed by atoms with van der Waals surface area (Å²) >= 11 is 0. The van der Waals surface area contributed by atoms with E-state index in [1.807, 2.05) is 36.4 Å². The smallest absolute Gasteiger partial charge is 0.319 e. The lowest BCUT2D eigenvalue weighted by atomic mass is 10.0. The third-order valence-electron chi connectivity index (χ3n) is 4.09. The quantitative estimate of drug-likeness (QED) is 0.811. The van der Waals surface area contributed by atoms with Gasteiger partial charge >= 0.3 is 6.03 Å². The fraction of sp³-hybridized carbons (Fsp3) is 0.278. The maximum Gasteiger partial charge on any atom is 0.319 e. The lowest BCUT2D eigenvalue weighted by Crippen LogP contribution is -2.45. The van der Waals surface area contributed by atoms with Crippen molar-refractivity contribution in [3.63, 3.8) is 0 Å². The Kier molecular flexibility index (Phi) is 4.21. The highest BCUT2D eigenvalue weighted by atomic mass is 16.5. The molecule has 1 aliphatic carbocycles. The number of amides is 2. The van der Waals surface area contributed by atoms with Gasteiger partial charge in [0, 0.05) is 19.4 Å². The van der Waals surface area contributed by atoms with E-state index in [1.165, 1.54) is 0 Å². The van der Waals surface area contributed by atoms with Crippen LogP contribution < -0.4 is 15.4 Å². The first kappa shape index (κ1) is 15.4. The molecule has 0 heterocycles. The van der Waals surface area contributed by atoms with Crippen LogP contribution in [0, 0.1) is 0 Å². The maximum atomic E-state index is 12.1. The SMILES string of the molecule is COc1ccccc1NC(=O)NCC1(O)Cc2ccccc2C1. The number of carbonyl (C=O) groups is 1. The summed E-state index contributed by atoms with van der Waals surface area (Å²) < 4.78 is 5.19. The second kappa shape index (κ2) is 6.30. The number of anilines is 1. The molecule has 0 radical (unpaired) electrons. The highest BCUT2D eigenvalue weighted by Gasteiger charge is 2.35. The van der Waals surface area contributed by atoms with Crippen molar-refractivity contribution in [2.75, 3.05) is 19.0 Å². The predicted molar refractivity (Wildman–Crippen MR) is 88.8 cm³/mol. The highest BCUT2D eigenvalue weighted by Crippen LogP contribution is 2.29. The van der Waals surface area contributed by atoms with Crippen LogP contribution in [0.3, 0.4) is 0 Å². The van der Waals surface area contributed by atoms with Crippen molar-refractivity contribution in [2.45, 2.75) is 18.4 Å². The van der Waals surface area contributed by atoms with Crippen molar-refractivity contribution < 1.29 is 14.6 Å². The number of nitrogens with one attached hydrogen (secondary N) is 2. The summed E-state index contributed by atoms with van der Waals surface area (Å²) in [5.74, 6) is 0.592. The summed E-state index contributed by atoms with van der Waals surface area (Å²) in [7, 11) is 1.55. The van der Waals surface area contributed by atoms with Crippen LogP contribution in [-0.2, 0) is 12.8 Å². The van der Waals surface area contributed by atoms with E-state index >= 15 is 0 Å². The zero-order chi connectivity index (χ0) is 16.3. The molecule has 0 aliphatic heterocycles. The van der Waals surface area contributed by atoms with Gasteiger partial charge in [-0.05, 0) is 23.3 Å². The Balaban J connectivity index is 1.58. The number of para-hydroxylation sites is 2. The Morgan fingerprint density at radius 2 is 1.74 bits per heavy atom. The predicted octanol–water partition coefficient (Wildman–Crippen LogP) is 2.35. The topological polar surface area (TPSA) is 70.6 Å². The molecule has 0 fully saturated rings. The van der Waals surface area contributed by atoms with E-state index in [0.29, 0.717) is 24.3 Å². The Labute approximate surface area is 135 Å². The van der Waals surface area contributed by atoms with Crippen molar-refractivity contribution in [1.82, 2.24) is 5.32 Å². The Morgan fingerprint density at radius 1 is 1.13 bits per heavy atom. The van der Waals surface area contributed by atoms with Crippen molar-refractivity contribution in [3.05, 3.63) is 59.7 Å². The molecule has 2 amide bonds. The summed E-state index contributed by atoms with van der Waals surface area (Å²) in [6.45, 7) is 0.197. The van der Waals surface area contributed by atoms with Crippen LogP contribution in [0.15, 0.2) is 48.5 Å². The first-order valence-corrected chi connectivity index (χ1v) is 7.57. The number of hydrogen-bond acceptors (Lipinski definition) is 3. The second-order valence-corrected chi connectivity index (χ2v) is 5.85. The van der Waals surface area contributed by atoms with Gasteiger partial charge in [0.2, 0.25) is 0 Å². The van der Waals surface area contributed by atoms with Crippen LogP contribution in [-0.4, -0.2) is 30.4 Å². The summed E-state index contributed by atoms with van der Waals surface area (Å²) in [6.07, 6.45) is 1.11. The minimum atomic E-state index is -0.929. The molecule has 0 atom stereocenters. The van der Waals surface area contributed by atoms with Crippen molar-refractivity contribution in [3.8, 4) is 5.75 Å². The van der Waals surface area contributed by atoms with Gasteiger partial charge in [0.25, 0.3) is 0 Å². The second-order valence-electron chi connectivity index (χ2n) is 5.85.